The molecule has 0 radical (unpaired) electrons. The average Bonchev–Trinajstić information content (AvgIpc) is 3.22. The SMILES string of the molecule is c1ccc(-c2cccc3c2ccc2ccccc23)c(-c2c(-c3cccc4ccc5c6ccc7ccccc7c6ccc5c34)ccc3ccccc23)c1. The Balaban J connectivity index is 1.22. The van der Waals surface area contributed by atoms with E-state index in [2.05, 4.69) is 194 Å². The van der Waals surface area contributed by atoms with Gasteiger partial charge >= 0.3 is 0 Å². The van der Waals surface area contributed by atoms with Crippen LogP contribution in [0.15, 0.2) is 194 Å². The molecule has 0 aromatic heterocycles. The standard InChI is InChI=1S/C52H32/c1-4-15-37-33(11-1)23-27-44-40(37)20-10-21-41(44)42-18-7-8-19-47(42)52-39-17-6-3-13-35(39)25-30-50(52)48-22-9-14-36-26-29-46-45-28-24-34-12-2-5-16-38(34)43(45)31-32-49(46)51(36)48/h1-32H. The molecule has 0 aliphatic heterocycles. The third-order valence-electron chi connectivity index (χ3n) is 11.3. The average molecular weight is 657 g/mol. The molecule has 0 bridgehead atoms. The van der Waals surface area contributed by atoms with Crippen molar-refractivity contribution < 1.29 is 0 Å². The van der Waals surface area contributed by atoms with Crippen LogP contribution < -0.4 is 0 Å². The summed E-state index contributed by atoms with van der Waals surface area (Å²) in [6.07, 6.45) is 0. The second kappa shape index (κ2) is 11.4. The van der Waals surface area contributed by atoms with E-state index in [1.165, 1.54) is 109 Å². The number of hydrogen-bond donors (Lipinski definition) is 0. The Morgan fingerprint density at radius 3 is 1.37 bits per heavy atom. The van der Waals surface area contributed by atoms with Crippen LogP contribution in [0, 0.1) is 0 Å². The zero-order valence-electron chi connectivity index (χ0n) is 28.5. The molecule has 0 aliphatic carbocycles. The Kier molecular flexibility index (Phi) is 6.35. The van der Waals surface area contributed by atoms with Crippen molar-refractivity contribution in [2.45, 2.75) is 0 Å². The minimum absolute atomic E-state index is 1.24. The van der Waals surface area contributed by atoms with Crippen molar-refractivity contribution in [2.75, 3.05) is 0 Å². The van der Waals surface area contributed by atoms with Gasteiger partial charge in [-0.25, -0.2) is 0 Å². The topological polar surface area (TPSA) is 0 Å². The number of rotatable bonds is 3. The van der Waals surface area contributed by atoms with Crippen LogP contribution in [-0.4, -0.2) is 0 Å². The van der Waals surface area contributed by atoms with Gasteiger partial charge in [-0.2, -0.15) is 0 Å². The largest absolute Gasteiger partial charge is 0.0616 e. The van der Waals surface area contributed by atoms with E-state index in [1.54, 1.807) is 0 Å². The molecule has 240 valence electrons. The van der Waals surface area contributed by atoms with E-state index in [-0.39, 0.29) is 0 Å². The van der Waals surface area contributed by atoms with Crippen LogP contribution >= 0.6 is 0 Å². The smallest absolute Gasteiger partial charge is 0.00204 e. The van der Waals surface area contributed by atoms with E-state index in [4.69, 9.17) is 0 Å². The molecule has 0 unspecified atom stereocenters. The molecule has 0 fully saturated rings. The Bertz CT molecular complexity index is 3240. The summed E-state index contributed by atoms with van der Waals surface area (Å²) < 4.78 is 0. The Hall–Kier alpha value is -6.76. The highest BCUT2D eigenvalue weighted by atomic mass is 14.2. The maximum atomic E-state index is 2.35. The van der Waals surface area contributed by atoms with E-state index in [0.717, 1.165) is 0 Å². The van der Waals surface area contributed by atoms with Gasteiger partial charge in [-0.1, -0.05) is 194 Å². The summed E-state index contributed by atoms with van der Waals surface area (Å²) in [6.45, 7) is 0. The van der Waals surface area contributed by atoms with Gasteiger partial charge in [-0.05, 0) is 109 Å². The maximum Gasteiger partial charge on any atom is -0.00204 e. The first kappa shape index (κ1) is 29.0. The van der Waals surface area contributed by atoms with E-state index >= 15 is 0 Å². The van der Waals surface area contributed by atoms with E-state index < -0.39 is 0 Å². The van der Waals surface area contributed by atoms with Crippen LogP contribution in [0.3, 0.4) is 0 Å². The van der Waals surface area contributed by atoms with Gasteiger partial charge in [0.15, 0.2) is 0 Å². The van der Waals surface area contributed by atoms with Crippen LogP contribution in [0.25, 0.3) is 109 Å². The van der Waals surface area contributed by atoms with Gasteiger partial charge in [-0.3, -0.25) is 0 Å². The Labute approximate surface area is 301 Å². The van der Waals surface area contributed by atoms with Crippen LogP contribution in [0.5, 0.6) is 0 Å². The Morgan fingerprint density at radius 1 is 0.173 bits per heavy atom. The molecule has 0 saturated heterocycles. The molecule has 0 nitrogen and oxygen atoms in total. The fourth-order valence-electron chi connectivity index (χ4n) is 8.91. The molecule has 0 spiro atoms. The minimum atomic E-state index is 1.24. The summed E-state index contributed by atoms with van der Waals surface area (Å²) in [4.78, 5) is 0. The summed E-state index contributed by atoms with van der Waals surface area (Å²) in [6, 6.07) is 72.0. The fourth-order valence-corrected chi connectivity index (χ4v) is 8.91. The predicted octanol–water partition coefficient (Wildman–Crippen LogP) is 14.8. The highest BCUT2D eigenvalue weighted by molar-refractivity contribution is 6.25. The van der Waals surface area contributed by atoms with Crippen molar-refractivity contribution in [1.29, 1.82) is 0 Å². The van der Waals surface area contributed by atoms with Gasteiger partial charge in [0, 0.05) is 0 Å². The second-order valence-electron chi connectivity index (χ2n) is 14.0. The van der Waals surface area contributed by atoms with Crippen molar-refractivity contribution in [3.05, 3.63) is 194 Å². The molecule has 0 aliphatic rings. The summed E-state index contributed by atoms with van der Waals surface area (Å²) >= 11 is 0. The van der Waals surface area contributed by atoms with Crippen molar-refractivity contribution in [1.82, 2.24) is 0 Å². The Morgan fingerprint density at radius 2 is 0.596 bits per heavy atom. The minimum Gasteiger partial charge on any atom is -0.0616 e. The monoisotopic (exact) mass is 656 g/mol. The van der Waals surface area contributed by atoms with Gasteiger partial charge in [0.2, 0.25) is 0 Å². The first-order valence-electron chi connectivity index (χ1n) is 18.1. The molecule has 0 atom stereocenters. The van der Waals surface area contributed by atoms with Crippen molar-refractivity contribution in [3.63, 3.8) is 0 Å². The highest BCUT2D eigenvalue weighted by Crippen LogP contribution is 2.47. The summed E-state index contributed by atoms with van der Waals surface area (Å²) in [5.41, 5.74) is 7.49. The number of hydrogen-bond acceptors (Lipinski definition) is 0. The van der Waals surface area contributed by atoms with E-state index in [0.29, 0.717) is 0 Å². The molecule has 0 saturated carbocycles. The lowest BCUT2D eigenvalue weighted by molar-refractivity contribution is 1.61. The second-order valence-corrected chi connectivity index (χ2v) is 14.0. The van der Waals surface area contributed by atoms with E-state index in [9.17, 15) is 0 Å². The van der Waals surface area contributed by atoms with Gasteiger partial charge in [0.25, 0.3) is 0 Å². The molecular weight excluding hydrogens is 625 g/mol. The van der Waals surface area contributed by atoms with Crippen LogP contribution in [0.2, 0.25) is 0 Å². The molecule has 11 rings (SSSR count). The normalized spacial score (nSPS) is 11.8. The lowest BCUT2D eigenvalue weighted by Gasteiger charge is -2.20. The van der Waals surface area contributed by atoms with Crippen LogP contribution in [-0.2, 0) is 0 Å². The summed E-state index contributed by atoms with van der Waals surface area (Å²) in [7, 11) is 0. The van der Waals surface area contributed by atoms with E-state index in [1.807, 2.05) is 0 Å². The molecule has 52 heavy (non-hydrogen) atoms. The van der Waals surface area contributed by atoms with Crippen LogP contribution in [0.4, 0.5) is 0 Å². The van der Waals surface area contributed by atoms with Gasteiger partial charge in [0.05, 0.1) is 0 Å². The van der Waals surface area contributed by atoms with Gasteiger partial charge < -0.3 is 0 Å². The molecule has 0 amide bonds. The van der Waals surface area contributed by atoms with Crippen molar-refractivity contribution in [2.24, 2.45) is 0 Å². The molecule has 0 N–H and O–H groups in total. The zero-order chi connectivity index (χ0) is 34.2. The predicted molar refractivity (Wildman–Crippen MR) is 225 cm³/mol. The molecule has 11 aromatic carbocycles. The highest BCUT2D eigenvalue weighted by Gasteiger charge is 2.20. The van der Waals surface area contributed by atoms with Crippen LogP contribution in [0.1, 0.15) is 0 Å². The summed E-state index contributed by atoms with van der Waals surface area (Å²) in [5, 5.41) is 17.9. The molecular formula is C52H32. The van der Waals surface area contributed by atoms with Gasteiger partial charge in [-0.15, -0.1) is 0 Å². The quantitative estimate of drug-likeness (QED) is 0.166. The van der Waals surface area contributed by atoms with Crippen molar-refractivity contribution >= 4 is 75.4 Å². The third kappa shape index (κ3) is 4.28. The maximum absolute atomic E-state index is 2.35. The third-order valence-corrected chi connectivity index (χ3v) is 11.3. The lowest BCUT2D eigenvalue weighted by atomic mass is 9.83. The first-order valence-corrected chi connectivity index (χ1v) is 18.1. The fraction of sp³-hybridized carbons (Fsp3) is 0. The van der Waals surface area contributed by atoms with Gasteiger partial charge in [0.1, 0.15) is 0 Å². The number of benzene rings is 11. The lowest BCUT2D eigenvalue weighted by Crippen LogP contribution is -1.93. The number of fused-ring (bicyclic) bond motifs is 11. The molecule has 0 heterocycles. The first-order chi connectivity index (χ1) is 25.8. The molecule has 11 aromatic rings. The zero-order valence-corrected chi connectivity index (χ0v) is 28.5. The van der Waals surface area contributed by atoms with Crippen molar-refractivity contribution in [3.8, 4) is 33.4 Å². The summed E-state index contributed by atoms with van der Waals surface area (Å²) in [5.74, 6) is 0. The molecule has 0 heteroatoms.